The Balaban J connectivity index is 1.96. The smallest absolute Gasteiger partial charge is 0.348 e. The van der Waals surface area contributed by atoms with Gasteiger partial charge in [-0.1, -0.05) is 0 Å². The zero-order chi connectivity index (χ0) is 13.8. The van der Waals surface area contributed by atoms with Crippen molar-refractivity contribution in [2.75, 3.05) is 6.54 Å². The van der Waals surface area contributed by atoms with Gasteiger partial charge in [-0.05, 0) is 35.8 Å². The van der Waals surface area contributed by atoms with Crippen LogP contribution in [0.3, 0.4) is 0 Å². The number of furan rings is 1. The Kier molecular flexibility index (Phi) is 4.55. The fourth-order valence-corrected chi connectivity index (χ4v) is 2.16. The molecule has 19 heavy (non-hydrogen) atoms. The van der Waals surface area contributed by atoms with Crippen molar-refractivity contribution in [3.63, 3.8) is 0 Å². The highest BCUT2D eigenvalue weighted by molar-refractivity contribution is 9.10. The molecule has 2 heterocycles. The van der Waals surface area contributed by atoms with Crippen molar-refractivity contribution in [1.82, 2.24) is 14.9 Å². The van der Waals surface area contributed by atoms with Gasteiger partial charge in [-0.15, -0.1) is 0 Å². The molecule has 0 bridgehead atoms. The van der Waals surface area contributed by atoms with Crippen LogP contribution in [-0.2, 0) is 13.1 Å². The summed E-state index contributed by atoms with van der Waals surface area (Å²) in [6.07, 6.45) is 3.35. The molecule has 0 aromatic carbocycles. The van der Waals surface area contributed by atoms with Crippen LogP contribution in [0.4, 0.5) is 0 Å². The van der Waals surface area contributed by atoms with Crippen molar-refractivity contribution >= 4 is 15.9 Å². The second-order valence-corrected chi connectivity index (χ2v) is 5.13. The lowest BCUT2D eigenvalue weighted by molar-refractivity contribution is 0.546. The molecule has 0 atom stereocenters. The number of hydrogen-bond donors (Lipinski definition) is 1. The fourth-order valence-electron chi connectivity index (χ4n) is 1.86. The molecule has 0 aliphatic rings. The molecule has 0 saturated carbocycles. The van der Waals surface area contributed by atoms with E-state index in [2.05, 4.69) is 26.2 Å². The van der Waals surface area contributed by atoms with Gasteiger partial charge in [0.1, 0.15) is 0 Å². The molecule has 0 amide bonds. The minimum absolute atomic E-state index is 0.205. The highest BCUT2D eigenvalue weighted by Gasteiger charge is 2.08. The van der Waals surface area contributed by atoms with E-state index in [9.17, 15) is 4.79 Å². The molecule has 2 aromatic heterocycles. The summed E-state index contributed by atoms with van der Waals surface area (Å²) >= 11 is 3.45. The Morgan fingerprint density at radius 1 is 1.47 bits per heavy atom. The van der Waals surface area contributed by atoms with Crippen LogP contribution in [0.15, 0.2) is 32.3 Å². The third-order valence-electron chi connectivity index (χ3n) is 2.96. The molecule has 5 nitrogen and oxygen atoms in total. The van der Waals surface area contributed by atoms with Crippen LogP contribution in [0.5, 0.6) is 0 Å². The number of aryl methyl sites for hydroxylation is 1. The van der Waals surface area contributed by atoms with E-state index in [0.717, 1.165) is 28.0 Å². The Morgan fingerprint density at radius 2 is 2.26 bits per heavy atom. The summed E-state index contributed by atoms with van der Waals surface area (Å²) in [7, 11) is 0. The SMILES string of the molecule is Cc1nc(=O)n(CCNCc2ccoc2)c(C)c1Br. The van der Waals surface area contributed by atoms with Crippen LogP contribution in [-0.4, -0.2) is 16.1 Å². The summed E-state index contributed by atoms with van der Waals surface area (Å²) < 4.78 is 7.54. The van der Waals surface area contributed by atoms with Crippen LogP contribution < -0.4 is 11.0 Å². The molecule has 2 aromatic rings. The van der Waals surface area contributed by atoms with E-state index < -0.39 is 0 Å². The van der Waals surface area contributed by atoms with Crippen LogP contribution in [0.1, 0.15) is 17.0 Å². The summed E-state index contributed by atoms with van der Waals surface area (Å²) in [5, 5.41) is 3.26. The van der Waals surface area contributed by atoms with Crippen molar-refractivity contribution in [1.29, 1.82) is 0 Å². The normalized spacial score (nSPS) is 10.9. The van der Waals surface area contributed by atoms with Gasteiger partial charge in [0.15, 0.2) is 0 Å². The first-order valence-electron chi connectivity index (χ1n) is 6.05. The third kappa shape index (κ3) is 3.33. The van der Waals surface area contributed by atoms with Crippen LogP contribution in [0.25, 0.3) is 0 Å². The molecule has 6 heteroatoms. The minimum Gasteiger partial charge on any atom is -0.472 e. The van der Waals surface area contributed by atoms with Gasteiger partial charge in [-0.2, -0.15) is 4.98 Å². The highest BCUT2D eigenvalue weighted by atomic mass is 79.9. The number of aromatic nitrogens is 2. The predicted molar refractivity (Wildman–Crippen MR) is 76.1 cm³/mol. The number of nitrogens with one attached hydrogen (secondary N) is 1. The number of nitrogens with zero attached hydrogens (tertiary/aromatic N) is 2. The molecule has 102 valence electrons. The number of halogens is 1. The molecule has 0 saturated heterocycles. The minimum atomic E-state index is -0.205. The Bertz CT molecular complexity index is 605. The highest BCUT2D eigenvalue weighted by Crippen LogP contribution is 2.16. The van der Waals surface area contributed by atoms with Gasteiger partial charge in [-0.3, -0.25) is 4.57 Å². The maximum absolute atomic E-state index is 11.8. The van der Waals surface area contributed by atoms with E-state index in [1.807, 2.05) is 19.9 Å². The first-order valence-corrected chi connectivity index (χ1v) is 6.84. The summed E-state index contributed by atoms with van der Waals surface area (Å²) in [6, 6.07) is 1.91. The Hall–Kier alpha value is -1.40. The zero-order valence-corrected chi connectivity index (χ0v) is 12.5. The largest absolute Gasteiger partial charge is 0.472 e. The van der Waals surface area contributed by atoms with Gasteiger partial charge in [-0.25, -0.2) is 4.79 Å². The van der Waals surface area contributed by atoms with Gasteiger partial charge in [0.05, 0.1) is 22.7 Å². The first kappa shape index (κ1) is 14.0. The topological polar surface area (TPSA) is 60.1 Å². The van der Waals surface area contributed by atoms with Gasteiger partial charge in [0.25, 0.3) is 0 Å². The quantitative estimate of drug-likeness (QED) is 0.854. The fraction of sp³-hybridized carbons (Fsp3) is 0.385. The number of hydrogen-bond acceptors (Lipinski definition) is 4. The standard InChI is InChI=1S/C13H16BrN3O2/c1-9-12(14)10(2)17(13(18)16-9)5-4-15-7-11-3-6-19-8-11/h3,6,8,15H,4-5,7H2,1-2H3. The average molecular weight is 326 g/mol. The van der Waals surface area contributed by atoms with E-state index in [4.69, 9.17) is 4.42 Å². The molecule has 0 unspecified atom stereocenters. The summed E-state index contributed by atoms with van der Waals surface area (Å²) in [5.41, 5.74) is 2.52. The number of rotatable bonds is 5. The van der Waals surface area contributed by atoms with E-state index >= 15 is 0 Å². The van der Waals surface area contributed by atoms with E-state index in [1.54, 1.807) is 17.1 Å². The average Bonchev–Trinajstić information content (AvgIpc) is 2.88. The predicted octanol–water partition coefficient (Wildman–Crippen LogP) is 2.01. The second kappa shape index (κ2) is 6.16. The molecular formula is C13H16BrN3O2. The van der Waals surface area contributed by atoms with Gasteiger partial charge in [0, 0.05) is 30.9 Å². The van der Waals surface area contributed by atoms with Crippen LogP contribution in [0.2, 0.25) is 0 Å². The van der Waals surface area contributed by atoms with Crippen molar-refractivity contribution in [3.05, 3.63) is 50.5 Å². The van der Waals surface area contributed by atoms with Crippen molar-refractivity contribution in [3.8, 4) is 0 Å². The van der Waals surface area contributed by atoms with Gasteiger partial charge in [0.2, 0.25) is 0 Å². The zero-order valence-electron chi connectivity index (χ0n) is 10.9. The molecule has 0 radical (unpaired) electrons. The molecule has 0 aliphatic heterocycles. The first-order chi connectivity index (χ1) is 9.09. The Morgan fingerprint density at radius 3 is 2.95 bits per heavy atom. The molecule has 0 aliphatic carbocycles. The summed E-state index contributed by atoms with van der Waals surface area (Å²) in [5.74, 6) is 0. The molecule has 0 spiro atoms. The van der Waals surface area contributed by atoms with Crippen LogP contribution >= 0.6 is 15.9 Å². The molecule has 1 N–H and O–H groups in total. The van der Waals surface area contributed by atoms with Crippen molar-refractivity contribution in [2.45, 2.75) is 26.9 Å². The summed E-state index contributed by atoms with van der Waals surface area (Å²) in [4.78, 5) is 15.8. The lowest BCUT2D eigenvalue weighted by Crippen LogP contribution is -2.30. The van der Waals surface area contributed by atoms with E-state index in [-0.39, 0.29) is 5.69 Å². The Labute approximate surface area is 119 Å². The maximum atomic E-state index is 11.8. The van der Waals surface area contributed by atoms with E-state index in [0.29, 0.717) is 13.1 Å². The van der Waals surface area contributed by atoms with Crippen molar-refractivity contribution < 1.29 is 4.42 Å². The van der Waals surface area contributed by atoms with Crippen molar-refractivity contribution in [2.24, 2.45) is 0 Å². The molecule has 2 rings (SSSR count). The molecular weight excluding hydrogens is 310 g/mol. The van der Waals surface area contributed by atoms with E-state index in [1.165, 1.54) is 0 Å². The third-order valence-corrected chi connectivity index (χ3v) is 4.10. The lowest BCUT2D eigenvalue weighted by Gasteiger charge is -2.12. The second-order valence-electron chi connectivity index (χ2n) is 4.34. The van der Waals surface area contributed by atoms with Gasteiger partial charge < -0.3 is 9.73 Å². The molecule has 0 fully saturated rings. The lowest BCUT2D eigenvalue weighted by atomic mass is 10.3. The van der Waals surface area contributed by atoms with Crippen LogP contribution in [0, 0.1) is 13.8 Å². The summed E-state index contributed by atoms with van der Waals surface area (Å²) in [6.45, 7) is 5.75. The van der Waals surface area contributed by atoms with Gasteiger partial charge >= 0.3 is 5.69 Å². The monoisotopic (exact) mass is 325 g/mol. The maximum Gasteiger partial charge on any atom is 0.348 e.